The van der Waals surface area contributed by atoms with Gasteiger partial charge in [-0.25, -0.2) is 0 Å². The Balaban J connectivity index is 2.23. The normalized spacial score (nSPS) is 17.4. The van der Waals surface area contributed by atoms with Gasteiger partial charge in [0.25, 0.3) is 0 Å². The second-order valence-electron chi connectivity index (χ2n) is 4.43. The molecule has 17 heavy (non-hydrogen) atoms. The Morgan fingerprint density at radius 1 is 1.35 bits per heavy atom. The molecule has 0 spiro atoms. The van der Waals surface area contributed by atoms with E-state index in [0.29, 0.717) is 19.6 Å². The molecule has 0 unspecified atom stereocenters. The number of allylic oxidation sites excluding steroid dienone is 1. The lowest BCUT2D eigenvalue weighted by Gasteiger charge is -2.30. The number of nitrogens with zero attached hydrogens (tertiary/aromatic N) is 1. The summed E-state index contributed by atoms with van der Waals surface area (Å²) in [6, 6.07) is 0. The molecule has 0 aliphatic carbocycles. The molecule has 1 saturated heterocycles. The maximum Gasteiger partial charge on any atom is 0.223 e. The molecule has 0 saturated carbocycles. The van der Waals surface area contributed by atoms with E-state index in [9.17, 15) is 9.59 Å². The van der Waals surface area contributed by atoms with Crippen molar-refractivity contribution in [2.24, 2.45) is 5.92 Å². The summed E-state index contributed by atoms with van der Waals surface area (Å²) in [6.45, 7) is 5.68. The number of likely N-dealkylation sites (tertiary alicyclic amines) is 1. The molecule has 1 N–H and O–H groups in total. The van der Waals surface area contributed by atoms with Crippen LogP contribution in [0.1, 0.15) is 33.1 Å². The van der Waals surface area contributed by atoms with Gasteiger partial charge < -0.3 is 10.2 Å². The molecule has 0 aromatic rings. The van der Waals surface area contributed by atoms with Crippen molar-refractivity contribution in [2.75, 3.05) is 19.6 Å². The standard InChI is InChI=1S/C13H22N2O2/c1-3-4-5-8-14-13(17)12-6-9-15(10-7-12)11(2)16/h3-4,12H,5-10H2,1-2H3,(H,14,17)/b4-3+. The number of nitrogens with one attached hydrogen (secondary N) is 1. The lowest BCUT2D eigenvalue weighted by atomic mass is 9.96. The molecule has 1 aliphatic rings. The average molecular weight is 238 g/mol. The van der Waals surface area contributed by atoms with Gasteiger partial charge in [-0.1, -0.05) is 12.2 Å². The highest BCUT2D eigenvalue weighted by Gasteiger charge is 2.25. The first-order chi connectivity index (χ1) is 8.15. The van der Waals surface area contributed by atoms with Gasteiger partial charge in [-0.2, -0.15) is 0 Å². The minimum absolute atomic E-state index is 0.0798. The first-order valence-corrected chi connectivity index (χ1v) is 6.29. The van der Waals surface area contributed by atoms with E-state index in [4.69, 9.17) is 0 Å². The Kier molecular flexibility index (Phi) is 5.73. The van der Waals surface area contributed by atoms with Crippen molar-refractivity contribution in [1.82, 2.24) is 10.2 Å². The largest absolute Gasteiger partial charge is 0.356 e. The molecule has 4 heteroatoms. The van der Waals surface area contributed by atoms with Crippen LogP contribution in [0.25, 0.3) is 0 Å². The molecule has 4 nitrogen and oxygen atoms in total. The zero-order chi connectivity index (χ0) is 12.7. The van der Waals surface area contributed by atoms with Gasteiger partial charge in [0, 0.05) is 32.5 Å². The van der Waals surface area contributed by atoms with Crippen LogP contribution in [-0.4, -0.2) is 36.3 Å². The molecule has 2 amide bonds. The summed E-state index contributed by atoms with van der Waals surface area (Å²) in [5.41, 5.74) is 0. The Bertz CT molecular complexity index is 292. The molecule has 0 radical (unpaired) electrons. The number of carbonyl (C=O) groups is 2. The fraction of sp³-hybridized carbons (Fsp3) is 0.692. The van der Waals surface area contributed by atoms with E-state index in [1.807, 2.05) is 24.0 Å². The molecule has 96 valence electrons. The summed E-state index contributed by atoms with van der Waals surface area (Å²) in [5, 5.41) is 2.94. The molecule has 1 fully saturated rings. The Morgan fingerprint density at radius 2 is 2.00 bits per heavy atom. The predicted octanol–water partition coefficient (Wildman–Crippen LogP) is 1.33. The third-order valence-corrected chi connectivity index (χ3v) is 3.16. The summed E-state index contributed by atoms with van der Waals surface area (Å²) < 4.78 is 0. The van der Waals surface area contributed by atoms with Gasteiger partial charge in [0.2, 0.25) is 11.8 Å². The first kappa shape index (κ1) is 13.7. The molecule has 0 bridgehead atoms. The van der Waals surface area contributed by atoms with Crippen LogP contribution in [0.2, 0.25) is 0 Å². The predicted molar refractivity (Wildman–Crippen MR) is 67.4 cm³/mol. The SMILES string of the molecule is C/C=C/CCNC(=O)C1CCN(C(C)=O)CC1. The van der Waals surface area contributed by atoms with Crippen molar-refractivity contribution in [1.29, 1.82) is 0 Å². The van der Waals surface area contributed by atoms with Crippen LogP contribution in [0.5, 0.6) is 0 Å². The third kappa shape index (κ3) is 4.59. The average Bonchev–Trinajstić information content (AvgIpc) is 2.34. The van der Waals surface area contributed by atoms with Gasteiger partial charge in [-0.05, 0) is 26.2 Å². The summed E-state index contributed by atoms with van der Waals surface area (Å²) in [6.07, 6.45) is 6.48. The van der Waals surface area contributed by atoms with E-state index < -0.39 is 0 Å². The van der Waals surface area contributed by atoms with E-state index in [0.717, 1.165) is 19.3 Å². The second-order valence-corrected chi connectivity index (χ2v) is 4.43. The third-order valence-electron chi connectivity index (χ3n) is 3.16. The monoisotopic (exact) mass is 238 g/mol. The van der Waals surface area contributed by atoms with E-state index in [-0.39, 0.29) is 17.7 Å². The van der Waals surface area contributed by atoms with Gasteiger partial charge in [0.1, 0.15) is 0 Å². The van der Waals surface area contributed by atoms with Crippen LogP contribution in [-0.2, 0) is 9.59 Å². The summed E-state index contributed by atoms with van der Waals surface area (Å²) in [5.74, 6) is 0.325. The molecule has 0 atom stereocenters. The quantitative estimate of drug-likeness (QED) is 0.593. The highest BCUT2D eigenvalue weighted by molar-refractivity contribution is 5.79. The number of piperidine rings is 1. The van der Waals surface area contributed by atoms with Gasteiger partial charge in [-0.15, -0.1) is 0 Å². The minimum atomic E-state index is 0.0798. The molecular formula is C13H22N2O2. The van der Waals surface area contributed by atoms with Crippen molar-refractivity contribution >= 4 is 11.8 Å². The fourth-order valence-corrected chi connectivity index (χ4v) is 2.05. The van der Waals surface area contributed by atoms with Crippen LogP contribution < -0.4 is 5.32 Å². The van der Waals surface area contributed by atoms with E-state index in [1.54, 1.807) is 6.92 Å². The van der Waals surface area contributed by atoms with Gasteiger partial charge >= 0.3 is 0 Å². The van der Waals surface area contributed by atoms with Crippen molar-refractivity contribution in [3.8, 4) is 0 Å². The zero-order valence-electron chi connectivity index (χ0n) is 10.7. The van der Waals surface area contributed by atoms with E-state index in [2.05, 4.69) is 5.32 Å². The lowest BCUT2D eigenvalue weighted by molar-refractivity contribution is -0.133. The molecule has 1 heterocycles. The van der Waals surface area contributed by atoms with Crippen LogP contribution in [0.3, 0.4) is 0 Å². The van der Waals surface area contributed by atoms with Crippen LogP contribution >= 0.6 is 0 Å². The molecular weight excluding hydrogens is 216 g/mol. The maximum absolute atomic E-state index is 11.8. The van der Waals surface area contributed by atoms with Crippen molar-refractivity contribution in [3.05, 3.63) is 12.2 Å². The number of hydrogen-bond donors (Lipinski definition) is 1. The number of rotatable bonds is 4. The van der Waals surface area contributed by atoms with E-state index >= 15 is 0 Å². The molecule has 1 rings (SSSR count). The maximum atomic E-state index is 11.8. The summed E-state index contributed by atoms with van der Waals surface area (Å²) >= 11 is 0. The van der Waals surface area contributed by atoms with Crippen LogP contribution in [0.4, 0.5) is 0 Å². The molecule has 1 aliphatic heterocycles. The smallest absolute Gasteiger partial charge is 0.223 e. The summed E-state index contributed by atoms with van der Waals surface area (Å²) in [4.78, 5) is 24.7. The lowest BCUT2D eigenvalue weighted by Crippen LogP contribution is -2.42. The van der Waals surface area contributed by atoms with Gasteiger partial charge in [0.05, 0.1) is 0 Å². The van der Waals surface area contributed by atoms with Gasteiger partial charge in [0.15, 0.2) is 0 Å². The Labute approximate surface area is 103 Å². The summed E-state index contributed by atoms with van der Waals surface area (Å²) in [7, 11) is 0. The van der Waals surface area contributed by atoms with Crippen molar-refractivity contribution in [2.45, 2.75) is 33.1 Å². The zero-order valence-corrected chi connectivity index (χ0v) is 10.7. The second kappa shape index (κ2) is 7.09. The molecule has 0 aromatic carbocycles. The topological polar surface area (TPSA) is 49.4 Å². The first-order valence-electron chi connectivity index (χ1n) is 6.29. The van der Waals surface area contributed by atoms with Crippen LogP contribution in [0.15, 0.2) is 12.2 Å². The Hall–Kier alpha value is -1.32. The van der Waals surface area contributed by atoms with Crippen molar-refractivity contribution in [3.63, 3.8) is 0 Å². The van der Waals surface area contributed by atoms with Crippen molar-refractivity contribution < 1.29 is 9.59 Å². The van der Waals surface area contributed by atoms with E-state index in [1.165, 1.54) is 0 Å². The number of hydrogen-bond acceptors (Lipinski definition) is 2. The highest BCUT2D eigenvalue weighted by Crippen LogP contribution is 2.17. The fourth-order valence-electron chi connectivity index (χ4n) is 2.05. The molecule has 0 aromatic heterocycles. The highest BCUT2D eigenvalue weighted by atomic mass is 16.2. The minimum Gasteiger partial charge on any atom is -0.356 e. The van der Waals surface area contributed by atoms with Gasteiger partial charge in [-0.3, -0.25) is 9.59 Å². The Morgan fingerprint density at radius 3 is 2.53 bits per heavy atom. The van der Waals surface area contributed by atoms with Crippen LogP contribution in [0, 0.1) is 5.92 Å². The number of amides is 2. The number of carbonyl (C=O) groups excluding carboxylic acids is 2.